The van der Waals surface area contributed by atoms with Gasteiger partial charge in [-0.2, -0.15) is 0 Å². The van der Waals surface area contributed by atoms with Gasteiger partial charge in [0.25, 0.3) is 0 Å². The molecule has 2 aliphatic heterocycles. The van der Waals surface area contributed by atoms with Crippen molar-refractivity contribution in [1.29, 1.82) is 0 Å². The number of piperidine rings is 1. The number of hydrogen-bond acceptors (Lipinski definition) is 6. The van der Waals surface area contributed by atoms with Gasteiger partial charge in [-0.3, -0.25) is 9.69 Å². The molecular weight excluding hydrogens is 294 g/mol. The van der Waals surface area contributed by atoms with Crippen molar-refractivity contribution in [2.75, 3.05) is 25.2 Å². The number of fused-ring (bicyclic) bond motifs is 2. The van der Waals surface area contributed by atoms with Crippen LogP contribution in [0.4, 0.5) is 0 Å². The Morgan fingerprint density at radius 2 is 2.19 bits per heavy atom. The smallest absolute Gasteiger partial charge is 0.237 e. The zero-order valence-electron chi connectivity index (χ0n) is 12.4. The minimum absolute atomic E-state index is 0.158. The maximum absolute atomic E-state index is 11.9. The average molecular weight is 319 g/mol. The number of amides is 1. The zero-order chi connectivity index (χ0) is 15.7. The standard InChI is InChI=1S/C13H25N3O4S/c1-21(19,20)9-15-7-11(17)8-16-10-3-2-5-13(16,6-4-10)12(14)18/h10-11,15,17H,2-9H2,1H3,(H2,14,18)/t10-,11-,13+/m1/s1. The van der Waals surface area contributed by atoms with E-state index in [0.717, 1.165) is 38.4 Å². The lowest BCUT2D eigenvalue weighted by Crippen LogP contribution is -2.60. The largest absolute Gasteiger partial charge is 0.390 e. The van der Waals surface area contributed by atoms with E-state index >= 15 is 0 Å². The van der Waals surface area contributed by atoms with Crippen LogP contribution in [0, 0.1) is 0 Å². The van der Waals surface area contributed by atoms with Crippen molar-refractivity contribution in [3.05, 3.63) is 0 Å². The van der Waals surface area contributed by atoms with E-state index in [1.807, 2.05) is 4.90 Å². The summed E-state index contributed by atoms with van der Waals surface area (Å²) < 4.78 is 22.1. The number of primary amides is 1. The van der Waals surface area contributed by atoms with Gasteiger partial charge in [-0.25, -0.2) is 8.42 Å². The van der Waals surface area contributed by atoms with Crippen molar-refractivity contribution >= 4 is 15.7 Å². The summed E-state index contributed by atoms with van der Waals surface area (Å²) in [5.41, 5.74) is 5.00. The summed E-state index contributed by atoms with van der Waals surface area (Å²) in [6.45, 7) is 0.537. The van der Waals surface area contributed by atoms with Gasteiger partial charge in [-0.05, 0) is 32.1 Å². The number of carbonyl (C=O) groups is 1. The maximum atomic E-state index is 11.9. The average Bonchev–Trinajstić information content (AvgIpc) is 2.57. The summed E-state index contributed by atoms with van der Waals surface area (Å²) in [5.74, 6) is -0.463. The van der Waals surface area contributed by atoms with Crippen LogP contribution in [0.3, 0.4) is 0 Å². The Labute approximate surface area is 125 Å². The van der Waals surface area contributed by atoms with Crippen LogP contribution in [0.1, 0.15) is 32.1 Å². The highest BCUT2D eigenvalue weighted by Crippen LogP contribution is 2.43. The summed E-state index contributed by atoms with van der Waals surface area (Å²) >= 11 is 0. The predicted octanol–water partition coefficient (Wildman–Crippen LogP) is -1.19. The number of nitrogens with zero attached hydrogens (tertiary/aromatic N) is 1. The Kier molecular flexibility index (Phi) is 4.92. The van der Waals surface area contributed by atoms with Crippen molar-refractivity contribution in [2.45, 2.75) is 49.8 Å². The molecule has 2 bridgehead atoms. The van der Waals surface area contributed by atoms with Gasteiger partial charge in [-0.15, -0.1) is 0 Å². The molecule has 0 radical (unpaired) electrons. The maximum Gasteiger partial charge on any atom is 0.237 e. The van der Waals surface area contributed by atoms with Gasteiger partial charge in [-0.1, -0.05) is 0 Å². The molecule has 0 aromatic carbocycles. The van der Waals surface area contributed by atoms with Crippen LogP contribution in [-0.4, -0.2) is 67.2 Å². The third-order valence-corrected chi connectivity index (χ3v) is 5.35. The van der Waals surface area contributed by atoms with E-state index in [0.29, 0.717) is 12.6 Å². The molecule has 0 aromatic heterocycles. The fourth-order valence-corrected chi connectivity index (χ4v) is 4.16. The van der Waals surface area contributed by atoms with E-state index in [1.54, 1.807) is 0 Å². The molecule has 2 aliphatic rings. The second kappa shape index (κ2) is 6.20. The third kappa shape index (κ3) is 3.74. The molecule has 7 nitrogen and oxygen atoms in total. The molecule has 0 aromatic rings. The van der Waals surface area contributed by atoms with Gasteiger partial charge in [0.15, 0.2) is 9.84 Å². The molecule has 0 unspecified atom stereocenters. The molecule has 122 valence electrons. The molecule has 4 N–H and O–H groups in total. The number of sulfone groups is 1. The van der Waals surface area contributed by atoms with Gasteiger partial charge < -0.3 is 16.2 Å². The van der Waals surface area contributed by atoms with Gasteiger partial charge >= 0.3 is 0 Å². The van der Waals surface area contributed by atoms with E-state index in [1.165, 1.54) is 0 Å². The molecule has 3 atom stereocenters. The highest BCUT2D eigenvalue weighted by Gasteiger charge is 2.52. The number of nitrogens with two attached hydrogens (primary N) is 1. The topological polar surface area (TPSA) is 113 Å². The van der Waals surface area contributed by atoms with Crippen molar-refractivity contribution < 1.29 is 18.3 Å². The third-order valence-electron chi connectivity index (χ3n) is 4.62. The predicted molar refractivity (Wildman–Crippen MR) is 79.2 cm³/mol. The fraction of sp³-hybridized carbons (Fsp3) is 0.923. The Hall–Kier alpha value is -0.700. The lowest BCUT2D eigenvalue weighted by atomic mass is 9.87. The Balaban J connectivity index is 1.93. The lowest BCUT2D eigenvalue weighted by molar-refractivity contribution is -0.132. The molecule has 0 aliphatic carbocycles. The van der Waals surface area contributed by atoms with Gasteiger partial charge in [0, 0.05) is 25.4 Å². The second-order valence-electron chi connectivity index (χ2n) is 6.31. The quantitative estimate of drug-likeness (QED) is 0.544. The number of β-amino-alcohol motifs (C(OH)–C–C–N with tert-alkyl or cyclic N) is 1. The summed E-state index contributed by atoms with van der Waals surface area (Å²) in [4.78, 5) is 13.9. The SMILES string of the molecule is CS(=O)(=O)CNC[C@@H](O)CN1[C@@H]2CCC[C@@]1(C(N)=O)CC2. The van der Waals surface area contributed by atoms with Crippen LogP contribution < -0.4 is 11.1 Å². The normalized spacial score (nSPS) is 31.2. The van der Waals surface area contributed by atoms with Crippen molar-refractivity contribution in [3.63, 3.8) is 0 Å². The number of carbonyl (C=O) groups excluding carboxylic acids is 1. The second-order valence-corrected chi connectivity index (χ2v) is 8.45. The summed E-state index contributed by atoms with van der Waals surface area (Å²) in [6.07, 6.45) is 4.89. The van der Waals surface area contributed by atoms with E-state index in [9.17, 15) is 18.3 Å². The van der Waals surface area contributed by atoms with Gasteiger partial charge in [0.1, 0.15) is 5.54 Å². The van der Waals surface area contributed by atoms with E-state index in [-0.39, 0.29) is 18.3 Å². The molecule has 8 heteroatoms. The molecule has 2 fully saturated rings. The van der Waals surface area contributed by atoms with Crippen LogP contribution >= 0.6 is 0 Å². The monoisotopic (exact) mass is 319 g/mol. The van der Waals surface area contributed by atoms with E-state index in [2.05, 4.69) is 5.32 Å². The first kappa shape index (κ1) is 16.7. The van der Waals surface area contributed by atoms with Crippen molar-refractivity contribution in [3.8, 4) is 0 Å². The molecule has 2 heterocycles. The van der Waals surface area contributed by atoms with Crippen molar-refractivity contribution in [2.24, 2.45) is 5.73 Å². The molecular formula is C13H25N3O4S. The minimum Gasteiger partial charge on any atom is -0.390 e. The highest BCUT2D eigenvalue weighted by molar-refractivity contribution is 7.90. The number of aliphatic hydroxyl groups is 1. The highest BCUT2D eigenvalue weighted by atomic mass is 32.2. The van der Waals surface area contributed by atoms with Gasteiger partial charge in [0.2, 0.25) is 5.91 Å². The van der Waals surface area contributed by atoms with Crippen LogP contribution in [0.25, 0.3) is 0 Å². The molecule has 2 rings (SSSR count). The van der Waals surface area contributed by atoms with Crippen molar-refractivity contribution in [1.82, 2.24) is 10.2 Å². The zero-order valence-corrected chi connectivity index (χ0v) is 13.2. The lowest BCUT2D eigenvalue weighted by Gasteiger charge is -2.43. The van der Waals surface area contributed by atoms with Gasteiger partial charge in [0.05, 0.1) is 12.0 Å². The summed E-state index contributed by atoms with van der Waals surface area (Å²) in [6, 6.07) is 0.302. The summed E-state index contributed by atoms with van der Waals surface area (Å²) in [7, 11) is -3.10. The summed E-state index contributed by atoms with van der Waals surface area (Å²) in [5, 5.41) is 12.8. The van der Waals surface area contributed by atoms with Crippen LogP contribution in [0.5, 0.6) is 0 Å². The Morgan fingerprint density at radius 3 is 2.81 bits per heavy atom. The molecule has 0 spiro atoms. The first-order chi connectivity index (χ1) is 9.74. The number of hydrogen-bond donors (Lipinski definition) is 3. The Morgan fingerprint density at radius 1 is 1.48 bits per heavy atom. The first-order valence-electron chi connectivity index (χ1n) is 7.38. The van der Waals surface area contributed by atoms with Crippen LogP contribution in [0.2, 0.25) is 0 Å². The van der Waals surface area contributed by atoms with E-state index < -0.39 is 21.5 Å². The molecule has 0 saturated carbocycles. The number of aliphatic hydroxyl groups excluding tert-OH is 1. The minimum atomic E-state index is -3.10. The molecule has 2 saturated heterocycles. The number of nitrogens with one attached hydrogen (secondary N) is 1. The van der Waals surface area contributed by atoms with Crippen LogP contribution in [0.15, 0.2) is 0 Å². The fourth-order valence-electron chi connectivity index (χ4n) is 3.67. The van der Waals surface area contributed by atoms with Crippen LogP contribution in [-0.2, 0) is 14.6 Å². The Bertz CT molecular complexity index is 492. The van der Waals surface area contributed by atoms with E-state index in [4.69, 9.17) is 5.73 Å². The first-order valence-corrected chi connectivity index (χ1v) is 9.44. The molecule has 21 heavy (non-hydrogen) atoms. The molecule has 1 amide bonds. The number of rotatable bonds is 7.